The molecule has 1 fully saturated rings. The third kappa shape index (κ3) is 3.71. The smallest absolute Gasteiger partial charge is 0.241 e. The molecular weight excluding hydrogens is 273 g/mol. The molecule has 0 heterocycles. The average molecular weight is 295 g/mol. The first-order valence-electron chi connectivity index (χ1n) is 7.25. The Balaban J connectivity index is 2.01. The van der Waals surface area contributed by atoms with Gasteiger partial charge in [-0.05, 0) is 38.0 Å². The average Bonchev–Trinajstić information content (AvgIpc) is 2.39. The van der Waals surface area contributed by atoms with Crippen molar-refractivity contribution in [2.75, 3.05) is 24.2 Å². The van der Waals surface area contributed by atoms with Crippen molar-refractivity contribution in [3.63, 3.8) is 0 Å². The van der Waals surface area contributed by atoms with Gasteiger partial charge in [0.15, 0.2) is 0 Å². The molecule has 1 unspecified atom stereocenters. The largest absolute Gasteiger partial charge is 0.396 e. The van der Waals surface area contributed by atoms with Gasteiger partial charge in [0.2, 0.25) is 5.91 Å². The number of benzene rings is 1. The number of anilines is 2. The lowest BCUT2D eigenvalue weighted by atomic mass is 9.90. The van der Waals surface area contributed by atoms with Gasteiger partial charge >= 0.3 is 0 Å². The number of hydrogen-bond donors (Lipinski definition) is 3. The summed E-state index contributed by atoms with van der Waals surface area (Å²) in [6, 6.07) is 4.12. The van der Waals surface area contributed by atoms with Gasteiger partial charge in [-0.3, -0.25) is 9.69 Å². The minimum Gasteiger partial charge on any atom is -0.396 e. The molecule has 0 aliphatic heterocycles. The van der Waals surface area contributed by atoms with Crippen LogP contribution in [0.3, 0.4) is 0 Å². The molecule has 0 spiro atoms. The van der Waals surface area contributed by atoms with Gasteiger partial charge in [-0.25, -0.2) is 4.39 Å². The number of rotatable bonds is 6. The Labute approximate surface area is 123 Å². The number of hydrogen-bond acceptors (Lipinski definition) is 4. The molecule has 1 aliphatic rings. The van der Waals surface area contributed by atoms with Crippen molar-refractivity contribution in [1.29, 1.82) is 0 Å². The van der Waals surface area contributed by atoms with Crippen molar-refractivity contribution >= 4 is 17.3 Å². The molecule has 6 heteroatoms. The van der Waals surface area contributed by atoms with Crippen LogP contribution >= 0.6 is 0 Å². The molecule has 1 atom stereocenters. The summed E-state index contributed by atoms with van der Waals surface area (Å²) in [4.78, 5) is 14.3. The van der Waals surface area contributed by atoms with E-state index in [1.807, 2.05) is 11.8 Å². The molecule has 1 saturated carbocycles. The monoisotopic (exact) mass is 295 g/mol. The third-order valence-corrected chi connectivity index (χ3v) is 4.04. The maximum atomic E-state index is 13.1. The summed E-state index contributed by atoms with van der Waals surface area (Å²) in [6.07, 6.45) is 3.28. The van der Waals surface area contributed by atoms with Crippen LogP contribution in [0, 0.1) is 5.82 Å². The lowest BCUT2D eigenvalue weighted by molar-refractivity contribution is -0.122. The Kier molecular flexibility index (Phi) is 5.14. The van der Waals surface area contributed by atoms with E-state index in [1.165, 1.54) is 18.2 Å². The molecule has 0 aromatic heterocycles. The summed E-state index contributed by atoms with van der Waals surface area (Å²) < 4.78 is 13.1. The minimum absolute atomic E-state index is 0.00617. The number of carbonyl (C=O) groups is 1. The van der Waals surface area contributed by atoms with E-state index in [-0.39, 0.29) is 24.2 Å². The van der Waals surface area contributed by atoms with Crippen molar-refractivity contribution < 1.29 is 14.3 Å². The van der Waals surface area contributed by atoms with E-state index in [9.17, 15) is 9.18 Å². The Morgan fingerprint density at radius 3 is 2.81 bits per heavy atom. The summed E-state index contributed by atoms with van der Waals surface area (Å²) in [7, 11) is 0. The maximum Gasteiger partial charge on any atom is 0.241 e. The van der Waals surface area contributed by atoms with E-state index < -0.39 is 5.82 Å². The van der Waals surface area contributed by atoms with Crippen LogP contribution in [-0.2, 0) is 4.79 Å². The summed E-state index contributed by atoms with van der Waals surface area (Å²) in [5.74, 6) is -0.682. The Morgan fingerprint density at radius 2 is 2.29 bits per heavy atom. The summed E-state index contributed by atoms with van der Waals surface area (Å²) in [5, 5.41) is 11.9. The van der Waals surface area contributed by atoms with Crippen LogP contribution in [0.25, 0.3) is 0 Å². The second-order valence-corrected chi connectivity index (χ2v) is 5.45. The van der Waals surface area contributed by atoms with E-state index in [1.54, 1.807) is 0 Å². The van der Waals surface area contributed by atoms with Crippen molar-refractivity contribution in [3.8, 4) is 0 Å². The standard InChI is InChI=1S/C15H22FN3O2/c1-10(19(7-8-20)12-3-2-4-12)15(21)18-11-5-6-13(16)14(17)9-11/h5-6,9-10,12,20H,2-4,7-8,17H2,1H3,(H,18,21). The van der Waals surface area contributed by atoms with E-state index >= 15 is 0 Å². The molecule has 0 radical (unpaired) electrons. The summed E-state index contributed by atoms with van der Waals surface area (Å²) in [6.45, 7) is 2.32. The topological polar surface area (TPSA) is 78.6 Å². The van der Waals surface area contributed by atoms with Gasteiger partial charge < -0.3 is 16.2 Å². The predicted octanol–water partition coefficient (Wildman–Crippen LogP) is 1.58. The fourth-order valence-electron chi connectivity index (χ4n) is 2.55. The van der Waals surface area contributed by atoms with Crippen molar-refractivity contribution in [2.45, 2.75) is 38.3 Å². The molecule has 1 amide bonds. The highest BCUT2D eigenvalue weighted by Gasteiger charge is 2.31. The van der Waals surface area contributed by atoms with Gasteiger partial charge in [0.1, 0.15) is 5.82 Å². The number of amides is 1. The highest BCUT2D eigenvalue weighted by atomic mass is 19.1. The fourth-order valence-corrected chi connectivity index (χ4v) is 2.55. The number of nitrogens with one attached hydrogen (secondary N) is 1. The normalized spacial score (nSPS) is 16.6. The van der Waals surface area contributed by atoms with Gasteiger partial charge in [0.05, 0.1) is 18.3 Å². The Morgan fingerprint density at radius 1 is 1.57 bits per heavy atom. The van der Waals surface area contributed by atoms with Gasteiger partial charge in [-0.2, -0.15) is 0 Å². The summed E-state index contributed by atoms with van der Waals surface area (Å²) >= 11 is 0. The first-order valence-corrected chi connectivity index (χ1v) is 7.25. The first kappa shape index (κ1) is 15.7. The molecule has 21 heavy (non-hydrogen) atoms. The number of nitrogens with zero attached hydrogens (tertiary/aromatic N) is 1. The lowest BCUT2D eigenvalue weighted by Gasteiger charge is -2.40. The second kappa shape index (κ2) is 6.87. The molecule has 4 N–H and O–H groups in total. The number of carbonyl (C=O) groups excluding carboxylic acids is 1. The number of nitrogens with two attached hydrogens (primary N) is 1. The zero-order valence-electron chi connectivity index (χ0n) is 12.2. The second-order valence-electron chi connectivity index (χ2n) is 5.45. The highest BCUT2D eigenvalue weighted by molar-refractivity contribution is 5.94. The van der Waals surface area contributed by atoms with Gasteiger partial charge in [-0.15, -0.1) is 0 Å². The van der Waals surface area contributed by atoms with Crippen molar-refractivity contribution in [3.05, 3.63) is 24.0 Å². The van der Waals surface area contributed by atoms with Gasteiger partial charge in [0, 0.05) is 18.3 Å². The van der Waals surface area contributed by atoms with Crippen LogP contribution in [0.4, 0.5) is 15.8 Å². The van der Waals surface area contributed by atoms with Crippen LogP contribution in [0.2, 0.25) is 0 Å². The molecule has 0 bridgehead atoms. The van der Waals surface area contributed by atoms with Crippen LogP contribution in [0.15, 0.2) is 18.2 Å². The molecular formula is C15H22FN3O2. The predicted molar refractivity (Wildman–Crippen MR) is 80.3 cm³/mol. The zero-order valence-corrected chi connectivity index (χ0v) is 12.2. The molecule has 1 aliphatic carbocycles. The fraction of sp³-hybridized carbons (Fsp3) is 0.533. The van der Waals surface area contributed by atoms with E-state index in [0.717, 1.165) is 19.3 Å². The summed E-state index contributed by atoms with van der Waals surface area (Å²) in [5.41, 5.74) is 5.97. The van der Waals surface area contributed by atoms with Crippen molar-refractivity contribution in [1.82, 2.24) is 4.90 Å². The van der Waals surface area contributed by atoms with Crippen molar-refractivity contribution in [2.24, 2.45) is 0 Å². The minimum atomic E-state index is -0.502. The van der Waals surface area contributed by atoms with E-state index in [2.05, 4.69) is 5.32 Å². The molecule has 5 nitrogen and oxygen atoms in total. The molecule has 1 aromatic carbocycles. The molecule has 0 saturated heterocycles. The van der Waals surface area contributed by atoms with Crippen LogP contribution < -0.4 is 11.1 Å². The van der Waals surface area contributed by atoms with Crippen LogP contribution in [-0.4, -0.2) is 41.1 Å². The molecule has 116 valence electrons. The van der Waals surface area contributed by atoms with Crippen LogP contribution in [0.5, 0.6) is 0 Å². The first-order chi connectivity index (χ1) is 10.0. The number of nitrogen functional groups attached to an aromatic ring is 1. The Bertz CT molecular complexity index is 506. The lowest BCUT2D eigenvalue weighted by Crippen LogP contribution is -2.51. The van der Waals surface area contributed by atoms with Gasteiger partial charge in [-0.1, -0.05) is 6.42 Å². The highest BCUT2D eigenvalue weighted by Crippen LogP contribution is 2.26. The molecule has 1 aromatic rings. The van der Waals surface area contributed by atoms with E-state index in [0.29, 0.717) is 18.3 Å². The third-order valence-electron chi connectivity index (χ3n) is 4.04. The number of aliphatic hydroxyl groups excluding tert-OH is 1. The number of aliphatic hydroxyl groups is 1. The zero-order chi connectivity index (χ0) is 15.4. The van der Waals surface area contributed by atoms with Crippen LogP contribution in [0.1, 0.15) is 26.2 Å². The maximum absolute atomic E-state index is 13.1. The molecule has 2 rings (SSSR count). The van der Waals surface area contributed by atoms with Gasteiger partial charge in [0.25, 0.3) is 0 Å². The SMILES string of the molecule is CC(C(=O)Nc1ccc(F)c(N)c1)N(CCO)C1CCC1. The van der Waals surface area contributed by atoms with E-state index in [4.69, 9.17) is 10.8 Å². The number of halogens is 1. The quantitative estimate of drug-likeness (QED) is 0.696. The Hall–Kier alpha value is -1.66.